The van der Waals surface area contributed by atoms with Gasteiger partial charge in [-0.2, -0.15) is 0 Å². The van der Waals surface area contributed by atoms with Crippen LogP contribution in [0.3, 0.4) is 0 Å². The lowest BCUT2D eigenvalue weighted by molar-refractivity contribution is 0.745. The van der Waals surface area contributed by atoms with E-state index in [4.69, 9.17) is 0 Å². The lowest BCUT2D eigenvalue weighted by Gasteiger charge is -2.28. The average Bonchev–Trinajstić information content (AvgIpc) is 3.64. The molecule has 0 saturated carbocycles. The van der Waals surface area contributed by atoms with Crippen molar-refractivity contribution in [1.29, 1.82) is 0 Å². The first-order valence-electron chi connectivity index (χ1n) is 13.8. The number of thiophene rings is 1. The fourth-order valence-electron chi connectivity index (χ4n) is 7.10. The van der Waals surface area contributed by atoms with Gasteiger partial charge in [0.1, 0.15) is 0 Å². The quantitative estimate of drug-likeness (QED) is 0.221. The fraction of sp³-hybridized carbons (Fsp3) is 0.111. The Bertz CT molecular complexity index is 2050. The molecule has 2 atom stereocenters. The summed E-state index contributed by atoms with van der Waals surface area (Å²) in [6.45, 7) is 0. The molecule has 2 unspecified atom stereocenters. The average molecular weight is 519 g/mol. The van der Waals surface area contributed by atoms with Crippen LogP contribution in [0.25, 0.3) is 42.8 Å². The van der Waals surface area contributed by atoms with Gasteiger partial charge in [-0.15, -0.1) is 11.3 Å². The van der Waals surface area contributed by atoms with Crippen molar-refractivity contribution < 1.29 is 0 Å². The monoisotopic (exact) mass is 518 g/mol. The minimum atomic E-state index is 0.315. The summed E-state index contributed by atoms with van der Waals surface area (Å²) in [6.07, 6.45) is 16.0. The summed E-state index contributed by atoms with van der Waals surface area (Å²) in [4.78, 5) is 2.54. The van der Waals surface area contributed by atoms with Crippen molar-refractivity contribution >= 4 is 59.9 Å². The Labute approximate surface area is 231 Å². The maximum Gasteiger partial charge on any atom is 0.0629 e. The van der Waals surface area contributed by atoms with Gasteiger partial charge in [0.05, 0.1) is 11.6 Å². The molecule has 0 amide bonds. The minimum Gasteiger partial charge on any atom is -0.333 e. The van der Waals surface area contributed by atoms with Crippen molar-refractivity contribution in [2.75, 3.05) is 4.90 Å². The number of allylic oxidation sites excluding steroid dienone is 3. The zero-order chi connectivity index (χ0) is 25.5. The molecule has 1 aliphatic heterocycles. The molecule has 0 bridgehead atoms. The molecule has 3 aliphatic rings. The van der Waals surface area contributed by atoms with Gasteiger partial charge in [-0.05, 0) is 78.6 Å². The molecule has 2 aliphatic carbocycles. The SMILES string of the molecule is C1=CC2c3ccccc3N(c3ccc4sc5ccc(-n6c7c(c8ccccc86)CCC=C7)cc5c4c3)C2C=C1. The Balaban J connectivity index is 1.24. The molecule has 0 saturated heterocycles. The molecule has 186 valence electrons. The Morgan fingerprint density at radius 2 is 1.49 bits per heavy atom. The summed E-state index contributed by atoms with van der Waals surface area (Å²) in [7, 11) is 0. The van der Waals surface area contributed by atoms with Gasteiger partial charge in [0.15, 0.2) is 0 Å². The first-order valence-corrected chi connectivity index (χ1v) is 14.7. The number of hydrogen-bond donors (Lipinski definition) is 0. The normalized spacial score (nSPS) is 19.2. The first kappa shape index (κ1) is 21.6. The maximum absolute atomic E-state index is 2.54. The second-order valence-electron chi connectivity index (χ2n) is 10.8. The highest BCUT2D eigenvalue weighted by Crippen LogP contribution is 2.49. The van der Waals surface area contributed by atoms with Gasteiger partial charge in [-0.3, -0.25) is 0 Å². The molecule has 2 nitrogen and oxygen atoms in total. The summed E-state index contributed by atoms with van der Waals surface area (Å²) in [5, 5.41) is 4.06. The van der Waals surface area contributed by atoms with E-state index in [2.05, 4.69) is 131 Å². The summed E-state index contributed by atoms with van der Waals surface area (Å²) >= 11 is 1.89. The van der Waals surface area contributed by atoms with Crippen LogP contribution in [0.5, 0.6) is 0 Å². The van der Waals surface area contributed by atoms with E-state index < -0.39 is 0 Å². The summed E-state index contributed by atoms with van der Waals surface area (Å²) < 4.78 is 5.15. The van der Waals surface area contributed by atoms with Crippen LogP contribution in [-0.2, 0) is 6.42 Å². The minimum absolute atomic E-state index is 0.315. The van der Waals surface area contributed by atoms with Crippen LogP contribution < -0.4 is 4.90 Å². The molecule has 4 aromatic carbocycles. The van der Waals surface area contributed by atoms with Gasteiger partial charge in [-0.1, -0.05) is 66.8 Å². The third-order valence-corrected chi connectivity index (χ3v) is 9.94. The van der Waals surface area contributed by atoms with Crippen molar-refractivity contribution in [2.45, 2.75) is 24.8 Å². The van der Waals surface area contributed by atoms with Gasteiger partial charge in [0.2, 0.25) is 0 Å². The van der Waals surface area contributed by atoms with Crippen molar-refractivity contribution in [3.63, 3.8) is 0 Å². The second-order valence-corrected chi connectivity index (χ2v) is 11.9. The van der Waals surface area contributed by atoms with Gasteiger partial charge in [0, 0.05) is 54.2 Å². The highest BCUT2D eigenvalue weighted by atomic mass is 32.1. The highest BCUT2D eigenvalue weighted by Gasteiger charge is 2.37. The molecule has 0 radical (unpaired) electrons. The zero-order valence-corrected chi connectivity index (χ0v) is 22.2. The van der Waals surface area contributed by atoms with E-state index in [1.165, 1.54) is 65.0 Å². The van der Waals surface area contributed by atoms with Gasteiger partial charge in [-0.25, -0.2) is 0 Å². The van der Waals surface area contributed by atoms with E-state index in [0.717, 1.165) is 12.8 Å². The standard InChI is InChI=1S/C36H26N2S/c1-5-13-31-25(9-1)26-10-2-6-14-32(26)37(31)23-17-19-35-29(21-23)30-22-24(18-20-36(30)39-35)38-33-15-7-3-11-27(33)28-12-4-8-16-34(28)38/h1-3,5-11,13-22,25,31H,4,12H2. The summed E-state index contributed by atoms with van der Waals surface area (Å²) in [5.41, 5.74) is 9.34. The van der Waals surface area contributed by atoms with E-state index in [-0.39, 0.29) is 0 Å². The van der Waals surface area contributed by atoms with Gasteiger partial charge < -0.3 is 9.47 Å². The van der Waals surface area contributed by atoms with Crippen LogP contribution in [0, 0.1) is 0 Å². The number of benzene rings is 4. The molecule has 2 aromatic heterocycles. The molecular formula is C36H26N2S. The number of hydrogen-bond acceptors (Lipinski definition) is 2. The second kappa shape index (κ2) is 8.08. The van der Waals surface area contributed by atoms with Gasteiger partial charge in [0.25, 0.3) is 0 Å². The van der Waals surface area contributed by atoms with E-state index in [1.807, 2.05) is 11.3 Å². The van der Waals surface area contributed by atoms with Gasteiger partial charge >= 0.3 is 0 Å². The number of aryl methyl sites for hydroxylation is 1. The van der Waals surface area contributed by atoms with E-state index in [0.29, 0.717) is 12.0 Å². The van der Waals surface area contributed by atoms with E-state index >= 15 is 0 Å². The number of para-hydroxylation sites is 2. The van der Waals surface area contributed by atoms with Crippen LogP contribution in [0.2, 0.25) is 0 Å². The summed E-state index contributed by atoms with van der Waals surface area (Å²) in [6, 6.07) is 32.2. The molecule has 3 heteroatoms. The molecular weight excluding hydrogens is 492 g/mol. The number of rotatable bonds is 2. The topological polar surface area (TPSA) is 8.17 Å². The predicted molar refractivity (Wildman–Crippen MR) is 167 cm³/mol. The number of anilines is 2. The third kappa shape index (κ3) is 3.02. The Hall–Kier alpha value is -4.34. The molecule has 3 heterocycles. The number of fused-ring (bicyclic) bond motifs is 9. The lowest BCUT2D eigenvalue weighted by Crippen LogP contribution is -2.28. The van der Waals surface area contributed by atoms with E-state index in [9.17, 15) is 0 Å². The number of aromatic nitrogens is 1. The van der Waals surface area contributed by atoms with Crippen LogP contribution in [0.1, 0.15) is 29.2 Å². The summed E-state index contributed by atoms with van der Waals surface area (Å²) in [5.74, 6) is 0.397. The third-order valence-electron chi connectivity index (χ3n) is 8.79. The predicted octanol–water partition coefficient (Wildman–Crippen LogP) is 9.69. The molecule has 0 fully saturated rings. The molecule has 9 rings (SSSR count). The van der Waals surface area contributed by atoms with Crippen molar-refractivity contribution in [3.05, 3.63) is 132 Å². The van der Waals surface area contributed by atoms with Crippen LogP contribution in [0.15, 0.2) is 115 Å². The Kier molecular flexibility index (Phi) is 4.47. The molecule has 0 N–H and O–H groups in total. The largest absolute Gasteiger partial charge is 0.333 e. The Morgan fingerprint density at radius 3 is 2.41 bits per heavy atom. The molecule has 39 heavy (non-hydrogen) atoms. The Morgan fingerprint density at radius 1 is 0.718 bits per heavy atom. The van der Waals surface area contributed by atoms with Crippen LogP contribution in [-0.4, -0.2) is 10.6 Å². The fourth-order valence-corrected chi connectivity index (χ4v) is 8.16. The van der Waals surface area contributed by atoms with Crippen LogP contribution in [0.4, 0.5) is 11.4 Å². The first-order chi connectivity index (χ1) is 19.3. The van der Waals surface area contributed by atoms with Crippen molar-refractivity contribution in [2.24, 2.45) is 0 Å². The highest BCUT2D eigenvalue weighted by molar-refractivity contribution is 7.25. The van der Waals surface area contributed by atoms with E-state index in [1.54, 1.807) is 0 Å². The van der Waals surface area contributed by atoms with Crippen molar-refractivity contribution in [1.82, 2.24) is 4.57 Å². The zero-order valence-electron chi connectivity index (χ0n) is 21.4. The van der Waals surface area contributed by atoms with Crippen molar-refractivity contribution in [3.8, 4) is 5.69 Å². The molecule has 6 aromatic rings. The lowest BCUT2D eigenvalue weighted by atomic mass is 9.91. The maximum atomic E-state index is 2.54. The van der Waals surface area contributed by atoms with Crippen LogP contribution >= 0.6 is 11.3 Å². The number of nitrogens with zero attached hydrogens (tertiary/aromatic N) is 2. The smallest absolute Gasteiger partial charge is 0.0629 e. The molecule has 0 spiro atoms.